The summed E-state index contributed by atoms with van der Waals surface area (Å²) in [6.07, 6.45) is 0. The summed E-state index contributed by atoms with van der Waals surface area (Å²) in [6.45, 7) is 0. The number of urea groups is 1. The molecule has 2 amide bonds. The van der Waals surface area contributed by atoms with Gasteiger partial charge in [0, 0.05) is 11.4 Å². The third-order valence-corrected chi connectivity index (χ3v) is 2.56. The molecule has 0 fully saturated rings. The van der Waals surface area contributed by atoms with Crippen molar-refractivity contribution < 1.29 is 23.5 Å². The number of hydrogen-bond donors (Lipinski definition) is 3. The van der Waals surface area contributed by atoms with Crippen LogP contribution >= 0.6 is 0 Å². The van der Waals surface area contributed by atoms with Gasteiger partial charge < -0.3 is 15.7 Å². The summed E-state index contributed by atoms with van der Waals surface area (Å²) in [5.41, 5.74) is -0.0341. The van der Waals surface area contributed by atoms with Crippen LogP contribution in [0.1, 0.15) is 10.4 Å². The van der Waals surface area contributed by atoms with Gasteiger partial charge in [0.15, 0.2) is 0 Å². The van der Waals surface area contributed by atoms with Crippen LogP contribution in [0.3, 0.4) is 0 Å². The molecule has 0 aliphatic rings. The number of carbonyl (C=O) groups excluding carboxylic acids is 1. The van der Waals surface area contributed by atoms with Gasteiger partial charge in [0.25, 0.3) is 0 Å². The van der Waals surface area contributed by atoms with Crippen LogP contribution in [0.4, 0.5) is 25.0 Å². The highest BCUT2D eigenvalue weighted by Gasteiger charge is 2.11. The second kappa shape index (κ2) is 6.00. The van der Waals surface area contributed by atoms with Gasteiger partial charge in [-0.05, 0) is 42.5 Å². The number of rotatable bonds is 3. The summed E-state index contributed by atoms with van der Waals surface area (Å²) < 4.78 is 26.1. The van der Waals surface area contributed by atoms with Crippen LogP contribution in [-0.2, 0) is 0 Å². The number of carbonyl (C=O) groups is 2. The molecular weight excluding hydrogens is 282 g/mol. The fraction of sp³-hybridized carbons (Fsp3) is 0. The topological polar surface area (TPSA) is 78.4 Å². The van der Waals surface area contributed by atoms with E-state index in [1.807, 2.05) is 0 Å². The van der Waals surface area contributed by atoms with Crippen molar-refractivity contribution in [2.24, 2.45) is 0 Å². The van der Waals surface area contributed by atoms with E-state index in [1.165, 1.54) is 30.3 Å². The third-order valence-electron chi connectivity index (χ3n) is 2.56. The van der Waals surface area contributed by atoms with Crippen molar-refractivity contribution in [2.45, 2.75) is 0 Å². The molecule has 0 aliphatic carbocycles. The molecule has 108 valence electrons. The summed E-state index contributed by atoms with van der Waals surface area (Å²) >= 11 is 0. The van der Waals surface area contributed by atoms with E-state index in [0.29, 0.717) is 5.69 Å². The molecule has 5 nitrogen and oxygen atoms in total. The summed E-state index contributed by atoms with van der Waals surface area (Å²) in [5.74, 6) is -2.79. The molecular formula is C14H10F2N2O3. The molecule has 2 aromatic carbocycles. The second-order valence-corrected chi connectivity index (χ2v) is 4.09. The first kappa shape index (κ1) is 14.4. The first-order valence-corrected chi connectivity index (χ1v) is 5.82. The molecule has 0 unspecified atom stereocenters. The highest BCUT2D eigenvalue weighted by atomic mass is 19.1. The van der Waals surface area contributed by atoms with Gasteiger partial charge in [-0.1, -0.05) is 0 Å². The van der Waals surface area contributed by atoms with Gasteiger partial charge in [0.1, 0.15) is 11.6 Å². The summed E-state index contributed by atoms with van der Waals surface area (Å²) in [4.78, 5) is 22.3. The van der Waals surface area contributed by atoms with Crippen LogP contribution in [0.2, 0.25) is 0 Å². The van der Waals surface area contributed by atoms with Crippen molar-refractivity contribution in [2.75, 3.05) is 10.6 Å². The Hall–Kier alpha value is -2.96. The lowest BCUT2D eigenvalue weighted by Crippen LogP contribution is -2.19. The lowest BCUT2D eigenvalue weighted by Gasteiger charge is -2.08. The lowest BCUT2D eigenvalue weighted by molar-refractivity contribution is 0.0692. The molecule has 2 aromatic rings. The molecule has 0 radical (unpaired) electrons. The fourth-order valence-corrected chi connectivity index (χ4v) is 1.59. The molecule has 0 bridgehead atoms. The predicted octanol–water partition coefficient (Wildman–Crippen LogP) is 3.31. The first-order chi connectivity index (χ1) is 9.95. The SMILES string of the molecule is O=C(Nc1ccc(F)cc1)Nc1ccc(C(=O)O)c(F)c1. The monoisotopic (exact) mass is 292 g/mol. The van der Waals surface area contributed by atoms with Crippen LogP contribution in [0, 0.1) is 11.6 Å². The van der Waals surface area contributed by atoms with Crippen LogP contribution in [0.15, 0.2) is 42.5 Å². The number of halogens is 2. The lowest BCUT2D eigenvalue weighted by atomic mass is 10.2. The minimum absolute atomic E-state index is 0.0945. The van der Waals surface area contributed by atoms with Gasteiger partial charge in [0.05, 0.1) is 5.56 Å². The van der Waals surface area contributed by atoms with E-state index in [2.05, 4.69) is 10.6 Å². The Morgan fingerprint density at radius 1 is 0.905 bits per heavy atom. The number of carboxylic acid groups (broad SMARTS) is 1. The van der Waals surface area contributed by atoms with Gasteiger partial charge >= 0.3 is 12.0 Å². The Kier molecular flexibility index (Phi) is 4.13. The zero-order chi connectivity index (χ0) is 15.4. The number of nitrogens with one attached hydrogen (secondary N) is 2. The van der Waals surface area contributed by atoms with E-state index >= 15 is 0 Å². The highest BCUT2D eigenvalue weighted by Crippen LogP contribution is 2.15. The molecule has 0 saturated heterocycles. The van der Waals surface area contributed by atoms with E-state index in [4.69, 9.17) is 5.11 Å². The van der Waals surface area contributed by atoms with Crippen molar-refractivity contribution in [3.8, 4) is 0 Å². The fourth-order valence-electron chi connectivity index (χ4n) is 1.59. The number of aromatic carboxylic acids is 1. The normalized spacial score (nSPS) is 10.0. The van der Waals surface area contributed by atoms with Crippen LogP contribution in [-0.4, -0.2) is 17.1 Å². The van der Waals surface area contributed by atoms with E-state index in [1.54, 1.807) is 0 Å². The minimum atomic E-state index is -1.39. The summed E-state index contributed by atoms with van der Waals surface area (Å²) in [7, 11) is 0. The standard InChI is InChI=1S/C14H10F2N2O3/c15-8-1-3-9(4-2-8)17-14(21)18-10-5-6-11(13(19)20)12(16)7-10/h1-7H,(H,19,20)(H2,17,18,21). The maximum absolute atomic E-state index is 13.4. The molecule has 0 atom stereocenters. The third kappa shape index (κ3) is 3.75. The minimum Gasteiger partial charge on any atom is -0.478 e. The number of benzene rings is 2. The zero-order valence-electron chi connectivity index (χ0n) is 10.6. The van der Waals surface area contributed by atoms with Crippen molar-refractivity contribution in [3.05, 3.63) is 59.7 Å². The quantitative estimate of drug-likeness (QED) is 0.812. The Bertz CT molecular complexity index is 687. The Labute approximate surface area is 118 Å². The number of anilines is 2. The average molecular weight is 292 g/mol. The molecule has 0 spiro atoms. The van der Waals surface area contributed by atoms with Crippen molar-refractivity contribution in [1.29, 1.82) is 0 Å². The average Bonchev–Trinajstić information content (AvgIpc) is 2.41. The summed E-state index contributed by atoms with van der Waals surface area (Å²) in [5, 5.41) is 13.4. The van der Waals surface area contributed by atoms with E-state index in [-0.39, 0.29) is 5.69 Å². The number of amides is 2. The van der Waals surface area contributed by atoms with Gasteiger partial charge in [-0.15, -0.1) is 0 Å². The van der Waals surface area contributed by atoms with Crippen molar-refractivity contribution in [1.82, 2.24) is 0 Å². The summed E-state index contributed by atoms with van der Waals surface area (Å²) in [6, 6.07) is 7.62. The van der Waals surface area contributed by atoms with Gasteiger partial charge in [-0.25, -0.2) is 18.4 Å². The molecule has 21 heavy (non-hydrogen) atoms. The van der Waals surface area contributed by atoms with Crippen molar-refractivity contribution in [3.63, 3.8) is 0 Å². The van der Waals surface area contributed by atoms with Crippen LogP contribution in [0.25, 0.3) is 0 Å². The predicted molar refractivity (Wildman–Crippen MR) is 72.4 cm³/mol. The molecule has 0 heterocycles. The zero-order valence-corrected chi connectivity index (χ0v) is 10.6. The Morgan fingerprint density at radius 2 is 1.48 bits per heavy atom. The van der Waals surface area contributed by atoms with Crippen molar-refractivity contribution >= 4 is 23.4 Å². The molecule has 0 saturated carbocycles. The van der Waals surface area contributed by atoms with E-state index < -0.39 is 29.2 Å². The second-order valence-electron chi connectivity index (χ2n) is 4.09. The largest absolute Gasteiger partial charge is 0.478 e. The smallest absolute Gasteiger partial charge is 0.338 e. The maximum atomic E-state index is 13.4. The molecule has 2 rings (SSSR count). The molecule has 3 N–H and O–H groups in total. The van der Waals surface area contributed by atoms with Gasteiger partial charge in [-0.2, -0.15) is 0 Å². The maximum Gasteiger partial charge on any atom is 0.338 e. The number of hydrogen-bond acceptors (Lipinski definition) is 2. The Balaban J connectivity index is 2.04. The van der Waals surface area contributed by atoms with Gasteiger partial charge in [0.2, 0.25) is 0 Å². The highest BCUT2D eigenvalue weighted by molar-refractivity contribution is 6.00. The molecule has 0 aromatic heterocycles. The van der Waals surface area contributed by atoms with Crippen LogP contribution < -0.4 is 10.6 Å². The van der Waals surface area contributed by atoms with Gasteiger partial charge in [-0.3, -0.25) is 0 Å². The number of carboxylic acids is 1. The first-order valence-electron chi connectivity index (χ1n) is 5.82. The van der Waals surface area contributed by atoms with E-state index in [9.17, 15) is 18.4 Å². The Morgan fingerprint density at radius 3 is 2.05 bits per heavy atom. The van der Waals surface area contributed by atoms with E-state index in [0.717, 1.165) is 12.1 Å². The van der Waals surface area contributed by atoms with Crippen LogP contribution in [0.5, 0.6) is 0 Å². The molecule has 0 aliphatic heterocycles. The molecule has 7 heteroatoms.